The van der Waals surface area contributed by atoms with Crippen LogP contribution in [0.25, 0.3) is 0 Å². The van der Waals surface area contributed by atoms with Crippen molar-refractivity contribution < 1.29 is 5.11 Å². The van der Waals surface area contributed by atoms with Gasteiger partial charge in [0.15, 0.2) is 0 Å². The molecule has 0 unspecified atom stereocenters. The van der Waals surface area contributed by atoms with E-state index in [1.54, 1.807) is 0 Å². The van der Waals surface area contributed by atoms with E-state index in [2.05, 4.69) is 13.0 Å². The zero-order valence-corrected chi connectivity index (χ0v) is 7.96. The zero-order chi connectivity index (χ0) is 8.97. The summed E-state index contributed by atoms with van der Waals surface area (Å²) in [5.41, 5.74) is 1.32. The van der Waals surface area contributed by atoms with Crippen molar-refractivity contribution in [2.45, 2.75) is 39.2 Å². The van der Waals surface area contributed by atoms with Crippen molar-refractivity contribution in [3.05, 3.63) is 23.8 Å². The molecule has 1 nitrogen and oxygen atoms in total. The van der Waals surface area contributed by atoms with E-state index in [1.807, 2.05) is 19.1 Å². The second-order valence-corrected chi connectivity index (χ2v) is 3.54. The van der Waals surface area contributed by atoms with Gasteiger partial charge in [0.2, 0.25) is 0 Å². The minimum atomic E-state index is -0.0912. The van der Waals surface area contributed by atoms with Gasteiger partial charge in [0.25, 0.3) is 0 Å². The monoisotopic (exact) mass is 166 g/mol. The Hall–Kier alpha value is -0.560. The molecule has 0 spiro atoms. The molecule has 0 heterocycles. The molecular formula is C11H18O. The number of aliphatic hydroxyl groups excluding tert-OH is 1. The van der Waals surface area contributed by atoms with Crippen LogP contribution in [0.3, 0.4) is 0 Å². The van der Waals surface area contributed by atoms with Gasteiger partial charge in [0, 0.05) is 5.92 Å². The second-order valence-electron chi connectivity index (χ2n) is 3.54. The lowest BCUT2D eigenvalue weighted by Gasteiger charge is -2.14. The van der Waals surface area contributed by atoms with E-state index in [1.165, 1.54) is 12.0 Å². The molecule has 1 N–H and O–H groups in total. The average Bonchev–Trinajstić information content (AvgIpc) is 2.47. The van der Waals surface area contributed by atoms with E-state index in [-0.39, 0.29) is 6.10 Å². The van der Waals surface area contributed by atoms with Crippen molar-refractivity contribution in [2.75, 3.05) is 0 Å². The van der Waals surface area contributed by atoms with Crippen molar-refractivity contribution in [1.82, 2.24) is 0 Å². The van der Waals surface area contributed by atoms with E-state index in [9.17, 15) is 5.11 Å². The van der Waals surface area contributed by atoms with Crippen LogP contribution in [0.4, 0.5) is 0 Å². The molecule has 0 aromatic rings. The van der Waals surface area contributed by atoms with Crippen molar-refractivity contribution in [2.24, 2.45) is 5.92 Å². The van der Waals surface area contributed by atoms with Crippen molar-refractivity contribution in [3.63, 3.8) is 0 Å². The van der Waals surface area contributed by atoms with Gasteiger partial charge in [0.1, 0.15) is 0 Å². The Labute approximate surface area is 74.8 Å². The van der Waals surface area contributed by atoms with Crippen LogP contribution in [0.5, 0.6) is 0 Å². The van der Waals surface area contributed by atoms with Gasteiger partial charge in [-0.25, -0.2) is 0 Å². The summed E-state index contributed by atoms with van der Waals surface area (Å²) >= 11 is 0. The standard InChI is InChI=1S/C11H18O/c1-3-4-6-9(2)10-7-5-8-11(10)12/h3-4,6,10-12H,5,7-8H2,1-2H3/b4-3+,9-6-/t10-,11-/m1/s1. The summed E-state index contributed by atoms with van der Waals surface area (Å²) in [5, 5.41) is 9.59. The summed E-state index contributed by atoms with van der Waals surface area (Å²) in [6, 6.07) is 0. The molecule has 0 aliphatic heterocycles. The van der Waals surface area contributed by atoms with Crippen LogP contribution in [0, 0.1) is 5.92 Å². The van der Waals surface area contributed by atoms with Crippen molar-refractivity contribution in [3.8, 4) is 0 Å². The highest BCUT2D eigenvalue weighted by Crippen LogP contribution is 2.31. The molecule has 1 heteroatoms. The predicted molar refractivity (Wildman–Crippen MR) is 51.9 cm³/mol. The van der Waals surface area contributed by atoms with Gasteiger partial charge in [0.05, 0.1) is 6.10 Å². The van der Waals surface area contributed by atoms with Crippen LogP contribution in [0.15, 0.2) is 23.8 Å². The molecule has 0 amide bonds. The average molecular weight is 166 g/mol. The molecule has 1 aliphatic carbocycles. The Bertz CT molecular complexity index is 191. The predicted octanol–water partition coefficient (Wildman–Crippen LogP) is 2.67. The Morgan fingerprint density at radius 1 is 1.42 bits per heavy atom. The lowest BCUT2D eigenvalue weighted by molar-refractivity contribution is 0.148. The fourth-order valence-corrected chi connectivity index (χ4v) is 1.84. The van der Waals surface area contributed by atoms with E-state index in [0.717, 1.165) is 12.8 Å². The summed E-state index contributed by atoms with van der Waals surface area (Å²) in [5.74, 6) is 0.418. The van der Waals surface area contributed by atoms with Crippen LogP contribution >= 0.6 is 0 Å². The normalized spacial score (nSPS) is 31.8. The fourth-order valence-electron chi connectivity index (χ4n) is 1.84. The molecule has 1 aliphatic rings. The molecule has 0 saturated heterocycles. The first-order valence-electron chi connectivity index (χ1n) is 4.73. The van der Waals surface area contributed by atoms with Crippen LogP contribution in [0.2, 0.25) is 0 Å². The second kappa shape index (κ2) is 4.46. The third-order valence-corrected chi connectivity index (χ3v) is 2.62. The first-order chi connectivity index (χ1) is 5.75. The van der Waals surface area contributed by atoms with E-state index in [0.29, 0.717) is 5.92 Å². The van der Waals surface area contributed by atoms with Crippen LogP contribution < -0.4 is 0 Å². The summed E-state index contributed by atoms with van der Waals surface area (Å²) < 4.78 is 0. The van der Waals surface area contributed by atoms with Crippen molar-refractivity contribution in [1.29, 1.82) is 0 Å². The topological polar surface area (TPSA) is 20.2 Å². The number of allylic oxidation sites excluding steroid dienone is 3. The maximum atomic E-state index is 9.59. The Kier molecular flexibility index (Phi) is 3.54. The van der Waals surface area contributed by atoms with Gasteiger partial charge in [-0.15, -0.1) is 0 Å². The highest BCUT2D eigenvalue weighted by atomic mass is 16.3. The molecule has 0 radical (unpaired) electrons. The molecule has 12 heavy (non-hydrogen) atoms. The number of hydrogen-bond donors (Lipinski definition) is 1. The Balaban J connectivity index is 2.56. The minimum absolute atomic E-state index is 0.0912. The minimum Gasteiger partial charge on any atom is -0.393 e. The van der Waals surface area contributed by atoms with Gasteiger partial charge in [-0.3, -0.25) is 0 Å². The smallest absolute Gasteiger partial charge is 0.0605 e. The molecule has 1 fully saturated rings. The lowest BCUT2D eigenvalue weighted by atomic mass is 9.96. The molecule has 0 aromatic heterocycles. The Morgan fingerprint density at radius 2 is 2.17 bits per heavy atom. The third-order valence-electron chi connectivity index (χ3n) is 2.62. The molecule has 2 atom stereocenters. The third kappa shape index (κ3) is 2.21. The van der Waals surface area contributed by atoms with Gasteiger partial charge in [-0.1, -0.05) is 30.2 Å². The number of rotatable bonds is 2. The van der Waals surface area contributed by atoms with Crippen molar-refractivity contribution >= 4 is 0 Å². The highest BCUT2D eigenvalue weighted by molar-refractivity contribution is 5.15. The van der Waals surface area contributed by atoms with Gasteiger partial charge in [-0.2, -0.15) is 0 Å². The van der Waals surface area contributed by atoms with E-state index in [4.69, 9.17) is 0 Å². The van der Waals surface area contributed by atoms with E-state index < -0.39 is 0 Å². The molecule has 0 aromatic carbocycles. The Morgan fingerprint density at radius 3 is 2.67 bits per heavy atom. The highest BCUT2D eigenvalue weighted by Gasteiger charge is 2.25. The first-order valence-corrected chi connectivity index (χ1v) is 4.73. The molecule has 1 saturated carbocycles. The van der Waals surface area contributed by atoms with Gasteiger partial charge >= 0.3 is 0 Å². The maximum absolute atomic E-state index is 9.59. The summed E-state index contributed by atoms with van der Waals surface area (Å²) in [4.78, 5) is 0. The summed E-state index contributed by atoms with van der Waals surface area (Å²) in [7, 11) is 0. The van der Waals surface area contributed by atoms with Crippen LogP contribution in [-0.4, -0.2) is 11.2 Å². The van der Waals surface area contributed by atoms with Crippen LogP contribution in [0.1, 0.15) is 33.1 Å². The SMILES string of the molecule is C/C=C/C=C(/C)[C@H]1CCC[C@H]1O. The molecule has 1 rings (SSSR count). The molecular weight excluding hydrogens is 148 g/mol. The maximum Gasteiger partial charge on any atom is 0.0605 e. The largest absolute Gasteiger partial charge is 0.393 e. The molecule has 68 valence electrons. The lowest BCUT2D eigenvalue weighted by Crippen LogP contribution is -2.13. The first kappa shape index (κ1) is 9.53. The van der Waals surface area contributed by atoms with Gasteiger partial charge < -0.3 is 5.11 Å². The van der Waals surface area contributed by atoms with Crippen LogP contribution in [-0.2, 0) is 0 Å². The van der Waals surface area contributed by atoms with Gasteiger partial charge in [-0.05, 0) is 26.7 Å². The fraction of sp³-hybridized carbons (Fsp3) is 0.636. The number of aliphatic hydroxyl groups is 1. The zero-order valence-electron chi connectivity index (χ0n) is 7.96. The van der Waals surface area contributed by atoms with E-state index >= 15 is 0 Å². The quantitative estimate of drug-likeness (QED) is 0.625. The summed E-state index contributed by atoms with van der Waals surface area (Å²) in [6.45, 7) is 4.12. The summed E-state index contributed by atoms with van der Waals surface area (Å²) in [6.07, 6.45) is 9.38. The number of hydrogen-bond acceptors (Lipinski definition) is 1. The molecule has 0 bridgehead atoms.